The fourth-order valence-electron chi connectivity index (χ4n) is 1.83. The molecule has 1 nitrogen and oxygen atoms in total. The van der Waals surface area contributed by atoms with Gasteiger partial charge < -0.3 is 5.32 Å². The van der Waals surface area contributed by atoms with Crippen molar-refractivity contribution in [1.82, 2.24) is 5.32 Å². The predicted octanol–water partition coefficient (Wildman–Crippen LogP) is 3.45. The van der Waals surface area contributed by atoms with E-state index in [-0.39, 0.29) is 0 Å². The highest BCUT2D eigenvalue weighted by Crippen LogP contribution is 2.18. The second kappa shape index (κ2) is 6.35. The lowest BCUT2D eigenvalue weighted by molar-refractivity contribution is 0.451. The van der Waals surface area contributed by atoms with Crippen LogP contribution in [0.1, 0.15) is 43.9 Å². The molecule has 0 aromatic heterocycles. The summed E-state index contributed by atoms with van der Waals surface area (Å²) in [6, 6.07) is 9.48. The van der Waals surface area contributed by atoms with Crippen LogP contribution in [0.5, 0.6) is 0 Å². The van der Waals surface area contributed by atoms with Gasteiger partial charge in [-0.15, -0.1) is 12.3 Å². The molecule has 0 radical (unpaired) electrons. The van der Waals surface area contributed by atoms with E-state index in [0.717, 1.165) is 12.8 Å². The van der Waals surface area contributed by atoms with Gasteiger partial charge in [0, 0.05) is 18.5 Å². The lowest BCUT2D eigenvalue weighted by Crippen LogP contribution is -2.29. The van der Waals surface area contributed by atoms with Gasteiger partial charge in [0.2, 0.25) is 0 Å². The van der Waals surface area contributed by atoms with E-state index in [4.69, 9.17) is 6.42 Å². The van der Waals surface area contributed by atoms with Gasteiger partial charge in [0.05, 0.1) is 0 Å². The highest BCUT2D eigenvalue weighted by Gasteiger charge is 2.11. The van der Waals surface area contributed by atoms with Crippen molar-refractivity contribution < 1.29 is 0 Å². The average molecular weight is 215 g/mol. The third-order valence-electron chi connectivity index (χ3n) is 2.80. The Morgan fingerprint density at radius 1 is 1.31 bits per heavy atom. The number of nitrogens with one attached hydrogen (secondary N) is 1. The van der Waals surface area contributed by atoms with Gasteiger partial charge in [0.1, 0.15) is 0 Å². The number of hydrogen-bond donors (Lipinski definition) is 1. The number of aryl methyl sites for hydroxylation is 1. The van der Waals surface area contributed by atoms with Crippen LogP contribution in [-0.4, -0.2) is 6.04 Å². The Labute approximate surface area is 99.3 Å². The molecule has 86 valence electrons. The van der Waals surface area contributed by atoms with Gasteiger partial charge in [-0.3, -0.25) is 0 Å². The molecule has 1 N–H and O–H groups in total. The van der Waals surface area contributed by atoms with Crippen molar-refractivity contribution in [1.29, 1.82) is 0 Å². The van der Waals surface area contributed by atoms with Gasteiger partial charge >= 0.3 is 0 Å². The van der Waals surface area contributed by atoms with Crippen molar-refractivity contribution >= 4 is 0 Å². The van der Waals surface area contributed by atoms with Crippen molar-refractivity contribution in [3.63, 3.8) is 0 Å². The lowest BCUT2D eigenvalue weighted by atomic mass is 10.0. The maximum atomic E-state index is 5.32. The molecule has 0 heterocycles. The first kappa shape index (κ1) is 12.8. The van der Waals surface area contributed by atoms with E-state index in [2.05, 4.69) is 56.3 Å². The van der Waals surface area contributed by atoms with E-state index in [0.29, 0.717) is 12.1 Å². The van der Waals surface area contributed by atoms with Crippen LogP contribution in [0.25, 0.3) is 0 Å². The molecule has 0 spiro atoms. The second-order valence-electron chi connectivity index (χ2n) is 4.35. The van der Waals surface area contributed by atoms with Crippen LogP contribution in [0.4, 0.5) is 0 Å². The zero-order chi connectivity index (χ0) is 12.0. The SMILES string of the molecule is C#CCC(C)NC(CC)c1ccc(C)cc1. The van der Waals surface area contributed by atoms with Crippen LogP contribution < -0.4 is 5.32 Å². The van der Waals surface area contributed by atoms with E-state index in [1.165, 1.54) is 11.1 Å². The summed E-state index contributed by atoms with van der Waals surface area (Å²) >= 11 is 0. The first-order valence-corrected chi connectivity index (χ1v) is 5.93. The standard InChI is InChI=1S/C15H21N/c1-5-7-13(4)16-15(6-2)14-10-8-12(3)9-11-14/h1,8-11,13,15-16H,6-7H2,2-4H3. The highest BCUT2D eigenvalue weighted by molar-refractivity contribution is 5.24. The van der Waals surface area contributed by atoms with Crippen molar-refractivity contribution in [2.24, 2.45) is 0 Å². The summed E-state index contributed by atoms with van der Waals surface area (Å²) in [7, 11) is 0. The molecule has 0 saturated heterocycles. The first-order valence-electron chi connectivity index (χ1n) is 5.93. The second-order valence-corrected chi connectivity index (χ2v) is 4.35. The molecule has 1 aromatic carbocycles. The summed E-state index contributed by atoms with van der Waals surface area (Å²) in [4.78, 5) is 0. The molecular formula is C15H21N. The molecule has 0 aliphatic heterocycles. The summed E-state index contributed by atoms with van der Waals surface area (Å²) in [5.41, 5.74) is 2.65. The molecule has 0 amide bonds. The van der Waals surface area contributed by atoms with E-state index < -0.39 is 0 Å². The minimum absolute atomic E-state index is 0.372. The van der Waals surface area contributed by atoms with E-state index >= 15 is 0 Å². The molecule has 0 aliphatic rings. The molecule has 1 aromatic rings. The van der Waals surface area contributed by atoms with Crippen LogP contribution in [0.3, 0.4) is 0 Å². The molecule has 16 heavy (non-hydrogen) atoms. The van der Waals surface area contributed by atoms with Crippen LogP contribution >= 0.6 is 0 Å². The third-order valence-corrected chi connectivity index (χ3v) is 2.80. The molecule has 0 bridgehead atoms. The highest BCUT2D eigenvalue weighted by atomic mass is 14.9. The Kier molecular flexibility index (Phi) is 5.08. The number of hydrogen-bond acceptors (Lipinski definition) is 1. The topological polar surface area (TPSA) is 12.0 Å². The Hall–Kier alpha value is -1.26. The van der Waals surface area contributed by atoms with Gasteiger partial charge in [0.25, 0.3) is 0 Å². The molecule has 2 unspecified atom stereocenters. The quantitative estimate of drug-likeness (QED) is 0.742. The first-order chi connectivity index (χ1) is 7.67. The summed E-state index contributed by atoms with van der Waals surface area (Å²) < 4.78 is 0. The fourth-order valence-corrected chi connectivity index (χ4v) is 1.83. The summed E-state index contributed by atoms with van der Waals surface area (Å²) in [5, 5.41) is 3.56. The van der Waals surface area contributed by atoms with Crippen LogP contribution in [0, 0.1) is 19.3 Å². The van der Waals surface area contributed by atoms with E-state index in [1.807, 2.05) is 0 Å². The van der Waals surface area contributed by atoms with Crippen LogP contribution in [0.15, 0.2) is 24.3 Å². The summed E-state index contributed by atoms with van der Waals surface area (Å²) in [6.45, 7) is 6.44. The van der Waals surface area contributed by atoms with Gasteiger partial charge in [0.15, 0.2) is 0 Å². The minimum Gasteiger partial charge on any atom is -0.307 e. The summed E-state index contributed by atoms with van der Waals surface area (Å²) in [6.07, 6.45) is 7.18. The molecule has 0 fully saturated rings. The van der Waals surface area contributed by atoms with Crippen molar-refractivity contribution in [2.75, 3.05) is 0 Å². The van der Waals surface area contributed by atoms with E-state index in [1.54, 1.807) is 0 Å². The van der Waals surface area contributed by atoms with Gasteiger partial charge in [-0.1, -0.05) is 36.8 Å². The normalized spacial score (nSPS) is 14.1. The number of rotatable bonds is 5. The maximum Gasteiger partial charge on any atom is 0.0320 e. The molecular weight excluding hydrogens is 194 g/mol. The number of benzene rings is 1. The molecule has 1 rings (SSSR count). The molecule has 0 aliphatic carbocycles. The largest absolute Gasteiger partial charge is 0.307 e. The predicted molar refractivity (Wildman–Crippen MR) is 70.3 cm³/mol. The molecule has 0 saturated carbocycles. The lowest BCUT2D eigenvalue weighted by Gasteiger charge is -2.21. The minimum atomic E-state index is 0.372. The summed E-state index contributed by atoms with van der Waals surface area (Å²) in [5.74, 6) is 2.69. The van der Waals surface area contributed by atoms with E-state index in [9.17, 15) is 0 Å². The third kappa shape index (κ3) is 3.72. The zero-order valence-electron chi connectivity index (χ0n) is 10.5. The van der Waals surface area contributed by atoms with Gasteiger partial charge in [-0.25, -0.2) is 0 Å². The van der Waals surface area contributed by atoms with Crippen molar-refractivity contribution in [3.8, 4) is 12.3 Å². The van der Waals surface area contributed by atoms with Gasteiger partial charge in [-0.2, -0.15) is 0 Å². The smallest absolute Gasteiger partial charge is 0.0320 e. The average Bonchev–Trinajstić information content (AvgIpc) is 2.27. The molecule has 1 heteroatoms. The Bertz CT molecular complexity index is 345. The fraction of sp³-hybridized carbons (Fsp3) is 0.467. The Balaban J connectivity index is 2.67. The zero-order valence-corrected chi connectivity index (χ0v) is 10.5. The van der Waals surface area contributed by atoms with Crippen LogP contribution in [-0.2, 0) is 0 Å². The van der Waals surface area contributed by atoms with Crippen molar-refractivity contribution in [2.45, 2.75) is 45.7 Å². The monoisotopic (exact) mass is 215 g/mol. The van der Waals surface area contributed by atoms with Crippen LogP contribution in [0.2, 0.25) is 0 Å². The number of terminal acetylenes is 1. The maximum absolute atomic E-state index is 5.32. The Morgan fingerprint density at radius 3 is 2.44 bits per heavy atom. The van der Waals surface area contributed by atoms with Gasteiger partial charge in [-0.05, 0) is 25.8 Å². The molecule has 2 atom stereocenters. The Morgan fingerprint density at radius 2 is 1.94 bits per heavy atom. The van der Waals surface area contributed by atoms with Crippen molar-refractivity contribution in [3.05, 3.63) is 35.4 Å².